The van der Waals surface area contributed by atoms with Gasteiger partial charge >= 0.3 is 12.0 Å². The lowest BCUT2D eigenvalue weighted by atomic mass is 10.1. The Kier molecular flexibility index (Phi) is 7.08. The van der Waals surface area contributed by atoms with Crippen LogP contribution in [0.4, 0.5) is 4.79 Å². The van der Waals surface area contributed by atoms with E-state index in [1.807, 2.05) is 13.0 Å². The van der Waals surface area contributed by atoms with E-state index in [4.69, 9.17) is 9.84 Å². The zero-order chi connectivity index (χ0) is 15.0. The van der Waals surface area contributed by atoms with Crippen LogP contribution >= 0.6 is 0 Å². The predicted octanol–water partition coefficient (Wildman–Crippen LogP) is 1.48. The minimum atomic E-state index is -0.796. The number of rotatable bonds is 7. The summed E-state index contributed by atoms with van der Waals surface area (Å²) >= 11 is 0. The zero-order valence-corrected chi connectivity index (χ0v) is 12.2. The number of carboxylic acids is 1. The third-order valence-electron chi connectivity index (χ3n) is 3.37. The molecule has 0 saturated carbocycles. The molecule has 2 amide bonds. The molecule has 1 atom stereocenters. The smallest absolute Gasteiger partial charge is 0.317 e. The Labute approximate surface area is 119 Å². The number of ether oxygens (including phenoxy) is 1. The van der Waals surface area contributed by atoms with E-state index < -0.39 is 5.97 Å². The molecule has 1 heterocycles. The van der Waals surface area contributed by atoms with Gasteiger partial charge in [0.15, 0.2) is 0 Å². The summed E-state index contributed by atoms with van der Waals surface area (Å²) in [5.41, 5.74) is 1.23. The first-order chi connectivity index (χ1) is 9.52. The number of carbonyl (C=O) groups excluding carboxylic acids is 1. The first-order valence-corrected chi connectivity index (χ1v) is 6.94. The number of carboxylic acid groups (broad SMARTS) is 1. The van der Waals surface area contributed by atoms with Crippen molar-refractivity contribution in [2.75, 3.05) is 33.4 Å². The van der Waals surface area contributed by atoms with E-state index in [1.165, 1.54) is 5.57 Å². The standard InChI is InChI=1S/C14H24N2O4/c1-11(3-4-13(17)18)9-15-14(19)16-7-5-12(6-8-16)10-20-2/h5,11H,3-4,6-10H2,1-2H3,(H,15,19)(H,17,18). The monoisotopic (exact) mass is 284 g/mol. The van der Waals surface area contributed by atoms with Gasteiger partial charge < -0.3 is 20.1 Å². The van der Waals surface area contributed by atoms with Gasteiger partial charge in [0.1, 0.15) is 0 Å². The highest BCUT2D eigenvalue weighted by atomic mass is 16.5. The Balaban J connectivity index is 2.25. The first-order valence-electron chi connectivity index (χ1n) is 6.94. The molecule has 0 aromatic carbocycles. The van der Waals surface area contributed by atoms with Crippen molar-refractivity contribution >= 4 is 12.0 Å². The molecule has 1 rings (SSSR count). The molecule has 0 radical (unpaired) electrons. The van der Waals surface area contributed by atoms with Crippen molar-refractivity contribution in [2.45, 2.75) is 26.2 Å². The van der Waals surface area contributed by atoms with Crippen LogP contribution in [0.2, 0.25) is 0 Å². The van der Waals surface area contributed by atoms with Gasteiger partial charge in [0, 0.05) is 33.2 Å². The van der Waals surface area contributed by atoms with Crippen LogP contribution in [0.25, 0.3) is 0 Å². The third-order valence-corrected chi connectivity index (χ3v) is 3.37. The van der Waals surface area contributed by atoms with Crippen LogP contribution in [0.3, 0.4) is 0 Å². The highest BCUT2D eigenvalue weighted by Gasteiger charge is 2.17. The van der Waals surface area contributed by atoms with Gasteiger partial charge in [-0.05, 0) is 24.3 Å². The largest absolute Gasteiger partial charge is 0.481 e. The Hall–Kier alpha value is -1.56. The maximum absolute atomic E-state index is 11.9. The van der Waals surface area contributed by atoms with Crippen LogP contribution in [0.1, 0.15) is 26.2 Å². The second-order valence-electron chi connectivity index (χ2n) is 5.22. The molecule has 6 nitrogen and oxygen atoms in total. The molecule has 6 heteroatoms. The van der Waals surface area contributed by atoms with Gasteiger partial charge in [-0.3, -0.25) is 4.79 Å². The molecule has 1 aliphatic rings. The average Bonchev–Trinajstić information content (AvgIpc) is 2.43. The molecule has 0 aromatic rings. The van der Waals surface area contributed by atoms with E-state index in [9.17, 15) is 9.59 Å². The summed E-state index contributed by atoms with van der Waals surface area (Å²) in [4.78, 5) is 24.2. The van der Waals surface area contributed by atoms with Gasteiger partial charge in [-0.15, -0.1) is 0 Å². The molecule has 114 valence electrons. The molecule has 0 fully saturated rings. The van der Waals surface area contributed by atoms with Gasteiger partial charge in [-0.1, -0.05) is 13.0 Å². The lowest BCUT2D eigenvalue weighted by molar-refractivity contribution is -0.137. The Bertz CT molecular complexity index is 368. The summed E-state index contributed by atoms with van der Waals surface area (Å²) in [5, 5.41) is 11.5. The van der Waals surface area contributed by atoms with E-state index in [2.05, 4.69) is 5.32 Å². The zero-order valence-electron chi connectivity index (χ0n) is 12.2. The topological polar surface area (TPSA) is 78.9 Å². The van der Waals surface area contributed by atoms with Crippen molar-refractivity contribution in [3.8, 4) is 0 Å². The number of carbonyl (C=O) groups is 2. The van der Waals surface area contributed by atoms with Crippen molar-refractivity contribution in [1.82, 2.24) is 10.2 Å². The van der Waals surface area contributed by atoms with Gasteiger partial charge in [0.2, 0.25) is 0 Å². The summed E-state index contributed by atoms with van der Waals surface area (Å²) in [7, 11) is 1.67. The van der Waals surface area contributed by atoms with Crippen LogP contribution in [0.15, 0.2) is 11.6 Å². The molecule has 0 spiro atoms. The molecule has 0 aromatic heterocycles. The fraction of sp³-hybridized carbons (Fsp3) is 0.714. The van der Waals surface area contributed by atoms with Crippen molar-refractivity contribution in [3.63, 3.8) is 0 Å². The predicted molar refractivity (Wildman–Crippen MR) is 75.6 cm³/mol. The lowest BCUT2D eigenvalue weighted by Gasteiger charge is -2.27. The van der Waals surface area contributed by atoms with Crippen molar-refractivity contribution in [3.05, 3.63) is 11.6 Å². The SMILES string of the molecule is COCC1=CCN(C(=O)NCC(C)CCC(=O)O)CC1. The number of urea groups is 1. The van der Waals surface area contributed by atoms with Crippen LogP contribution in [0, 0.1) is 5.92 Å². The molecule has 0 aliphatic carbocycles. The number of nitrogens with one attached hydrogen (secondary N) is 1. The molecule has 2 N–H and O–H groups in total. The summed E-state index contributed by atoms with van der Waals surface area (Å²) in [6.07, 6.45) is 3.59. The maximum atomic E-state index is 11.9. The van der Waals surface area contributed by atoms with Crippen LogP contribution in [-0.4, -0.2) is 55.4 Å². The number of nitrogens with zero attached hydrogens (tertiary/aromatic N) is 1. The molecule has 1 aliphatic heterocycles. The highest BCUT2D eigenvalue weighted by Crippen LogP contribution is 2.11. The average molecular weight is 284 g/mol. The Morgan fingerprint density at radius 2 is 2.30 bits per heavy atom. The van der Waals surface area contributed by atoms with E-state index in [0.29, 0.717) is 32.7 Å². The molecule has 1 unspecified atom stereocenters. The first kappa shape index (κ1) is 16.5. The summed E-state index contributed by atoms with van der Waals surface area (Å²) in [6, 6.07) is -0.0834. The molecule has 0 bridgehead atoms. The van der Waals surface area contributed by atoms with Gasteiger partial charge in [-0.2, -0.15) is 0 Å². The quantitative estimate of drug-likeness (QED) is 0.694. The Morgan fingerprint density at radius 1 is 1.55 bits per heavy atom. The number of hydrogen-bond acceptors (Lipinski definition) is 3. The fourth-order valence-electron chi connectivity index (χ4n) is 2.06. The summed E-state index contributed by atoms with van der Waals surface area (Å²) in [6.45, 7) is 4.38. The van der Waals surface area contributed by atoms with Crippen molar-refractivity contribution < 1.29 is 19.4 Å². The van der Waals surface area contributed by atoms with Gasteiger partial charge in [-0.25, -0.2) is 4.79 Å². The minimum Gasteiger partial charge on any atom is -0.481 e. The van der Waals surface area contributed by atoms with E-state index in [1.54, 1.807) is 12.0 Å². The molecule has 20 heavy (non-hydrogen) atoms. The fourth-order valence-corrected chi connectivity index (χ4v) is 2.06. The molecule has 0 saturated heterocycles. The number of aliphatic carboxylic acids is 1. The third kappa shape index (κ3) is 6.06. The summed E-state index contributed by atoms with van der Waals surface area (Å²) < 4.78 is 5.07. The van der Waals surface area contributed by atoms with Crippen LogP contribution < -0.4 is 5.32 Å². The summed E-state index contributed by atoms with van der Waals surface area (Å²) in [5.74, 6) is -0.630. The number of amides is 2. The minimum absolute atomic E-state index is 0.0834. The number of methoxy groups -OCH3 is 1. The van der Waals surface area contributed by atoms with Crippen molar-refractivity contribution in [1.29, 1.82) is 0 Å². The van der Waals surface area contributed by atoms with Crippen LogP contribution in [0.5, 0.6) is 0 Å². The molecular formula is C14H24N2O4. The second kappa shape index (κ2) is 8.58. The maximum Gasteiger partial charge on any atom is 0.317 e. The lowest BCUT2D eigenvalue weighted by Crippen LogP contribution is -2.43. The van der Waals surface area contributed by atoms with Crippen molar-refractivity contribution in [2.24, 2.45) is 5.92 Å². The van der Waals surface area contributed by atoms with Gasteiger partial charge in [0.05, 0.1) is 6.61 Å². The van der Waals surface area contributed by atoms with Crippen LogP contribution in [-0.2, 0) is 9.53 Å². The highest BCUT2D eigenvalue weighted by molar-refractivity contribution is 5.74. The second-order valence-corrected chi connectivity index (χ2v) is 5.22. The normalized spacial score (nSPS) is 16.5. The van der Waals surface area contributed by atoms with Gasteiger partial charge in [0.25, 0.3) is 0 Å². The molecular weight excluding hydrogens is 260 g/mol. The Morgan fingerprint density at radius 3 is 2.85 bits per heavy atom. The van der Waals surface area contributed by atoms with E-state index in [-0.39, 0.29) is 18.4 Å². The number of hydrogen-bond donors (Lipinski definition) is 2. The van der Waals surface area contributed by atoms with E-state index in [0.717, 1.165) is 6.42 Å². The van der Waals surface area contributed by atoms with E-state index >= 15 is 0 Å².